The molecule has 2 aromatic heterocycles. The number of nitrogens with one attached hydrogen (secondary N) is 1. The average Bonchev–Trinajstić information content (AvgIpc) is 2.90. The predicted molar refractivity (Wildman–Crippen MR) is 83.8 cm³/mol. The van der Waals surface area contributed by atoms with Crippen LogP contribution in [0.25, 0.3) is 0 Å². The number of hydrogen-bond acceptors (Lipinski definition) is 3. The highest BCUT2D eigenvalue weighted by Gasteiger charge is 2.25. The van der Waals surface area contributed by atoms with E-state index in [-0.39, 0.29) is 6.04 Å². The monoisotopic (exact) mass is 339 g/mol. The maximum Gasteiger partial charge on any atom is 0.0793 e. The fourth-order valence-electron chi connectivity index (χ4n) is 2.49. The fraction of sp³-hybridized carbons (Fsp3) is 0.571. The third-order valence-corrected chi connectivity index (χ3v) is 3.93. The summed E-state index contributed by atoms with van der Waals surface area (Å²) >= 11 is 3.63. The lowest BCUT2D eigenvalue weighted by molar-refractivity contribution is 0.474. The molecular weight excluding hydrogens is 318 g/mol. The van der Waals surface area contributed by atoms with Crippen molar-refractivity contribution in [2.24, 2.45) is 7.05 Å². The van der Waals surface area contributed by atoms with Gasteiger partial charge in [0.1, 0.15) is 0 Å². The van der Waals surface area contributed by atoms with E-state index in [2.05, 4.69) is 63.1 Å². The molecule has 0 amide bonds. The van der Waals surface area contributed by atoms with Gasteiger partial charge in [0.05, 0.1) is 28.1 Å². The van der Waals surface area contributed by atoms with E-state index in [9.17, 15) is 0 Å². The van der Waals surface area contributed by atoms with Gasteiger partial charge in [0.25, 0.3) is 0 Å². The molecule has 0 aliphatic heterocycles. The van der Waals surface area contributed by atoms with Crippen LogP contribution >= 0.6 is 15.9 Å². The number of rotatable bonds is 5. The van der Waals surface area contributed by atoms with Gasteiger partial charge in [-0.15, -0.1) is 0 Å². The first kappa shape index (κ1) is 15.3. The Labute approximate surface area is 128 Å². The van der Waals surface area contributed by atoms with Gasteiger partial charge in [0.2, 0.25) is 0 Å². The van der Waals surface area contributed by atoms with Crippen molar-refractivity contribution < 1.29 is 0 Å². The van der Waals surface area contributed by atoms with Gasteiger partial charge in [-0.05, 0) is 43.2 Å². The van der Waals surface area contributed by atoms with Gasteiger partial charge < -0.3 is 5.32 Å². The van der Waals surface area contributed by atoms with Crippen molar-refractivity contribution in [2.45, 2.75) is 39.8 Å². The Hall–Kier alpha value is -1.14. The lowest BCUT2D eigenvalue weighted by Gasteiger charge is -2.21. The molecule has 20 heavy (non-hydrogen) atoms. The number of nitrogens with zero attached hydrogens (tertiary/aromatic N) is 4. The minimum atomic E-state index is 0.0907. The van der Waals surface area contributed by atoms with E-state index in [1.807, 2.05) is 24.9 Å². The molecule has 0 radical (unpaired) electrons. The highest BCUT2D eigenvalue weighted by atomic mass is 79.9. The summed E-state index contributed by atoms with van der Waals surface area (Å²) < 4.78 is 4.95. The van der Waals surface area contributed by atoms with Crippen LogP contribution in [0.15, 0.2) is 16.9 Å². The molecule has 0 aliphatic carbocycles. The Morgan fingerprint density at radius 2 is 2.10 bits per heavy atom. The summed E-state index contributed by atoms with van der Waals surface area (Å²) in [4.78, 5) is 0. The molecule has 1 unspecified atom stereocenters. The SMILES string of the molecule is CCNC(c1cn(C)nc1C)c1c(Br)cnn1C(C)C. The molecule has 110 valence electrons. The second kappa shape index (κ2) is 6.10. The predicted octanol–water partition coefficient (Wildman–Crippen LogP) is 2.97. The van der Waals surface area contributed by atoms with Gasteiger partial charge in [0, 0.05) is 24.8 Å². The number of aryl methyl sites for hydroxylation is 2. The van der Waals surface area contributed by atoms with Gasteiger partial charge in [-0.1, -0.05) is 6.92 Å². The third kappa shape index (κ3) is 2.81. The number of halogens is 1. The van der Waals surface area contributed by atoms with E-state index in [0.29, 0.717) is 6.04 Å². The van der Waals surface area contributed by atoms with Crippen LogP contribution in [-0.2, 0) is 7.05 Å². The summed E-state index contributed by atoms with van der Waals surface area (Å²) in [5, 5.41) is 12.5. The van der Waals surface area contributed by atoms with Crippen LogP contribution in [0.3, 0.4) is 0 Å². The first-order valence-corrected chi connectivity index (χ1v) is 7.71. The minimum Gasteiger partial charge on any atom is -0.305 e. The van der Waals surface area contributed by atoms with E-state index in [0.717, 1.165) is 22.4 Å². The first-order valence-electron chi connectivity index (χ1n) is 6.92. The number of aromatic nitrogens is 4. The zero-order chi connectivity index (χ0) is 14.9. The quantitative estimate of drug-likeness (QED) is 0.910. The van der Waals surface area contributed by atoms with Gasteiger partial charge in [-0.25, -0.2) is 0 Å². The molecule has 2 heterocycles. The molecule has 0 bridgehead atoms. The molecule has 5 nitrogen and oxygen atoms in total. The maximum absolute atomic E-state index is 4.48. The molecular formula is C14H22BrN5. The van der Waals surface area contributed by atoms with Crippen molar-refractivity contribution in [1.29, 1.82) is 0 Å². The van der Waals surface area contributed by atoms with Crippen LogP contribution in [-0.4, -0.2) is 26.1 Å². The molecule has 2 rings (SSSR count). The Morgan fingerprint density at radius 3 is 2.60 bits per heavy atom. The average molecular weight is 340 g/mol. The Balaban J connectivity index is 2.54. The topological polar surface area (TPSA) is 47.7 Å². The van der Waals surface area contributed by atoms with Crippen LogP contribution in [0.5, 0.6) is 0 Å². The van der Waals surface area contributed by atoms with E-state index >= 15 is 0 Å². The lowest BCUT2D eigenvalue weighted by atomic mass is 10.0. The molecule has 1 atom stereocenters. The molecule has 0 saturated carbocycles. The van der Waals surface area contributed by atoms with Crippen molar-refractivity contribution in [1.82, 2.24) is 24.9 Å². The van der Waals surface area contributed by atoms with E-state index < -0.39 is 0 Å². The van der Waals surface area contributed by atoms with Crippen molar-refractivity contribution in [3.8, 4) is 0 Å². The normalized spacial score (nSPS) is 13.2. The Morgan fingerprint density at radius 1 is 1.40 bits per heavy atom. The van der Waals surface area contributed by atoms with Crippen LogP contribution in [0.4, 0.5) is 0 Å². The van der Waals surface area contributed by atoms with Crippen LogP contribution in [0.1, 0.15) is 49.8 Å². The third-order valence-electron chi connectivity index (χ3n) is 3.32. The first-order chi connectivity index (χ1) is 9.45. The van der Waals surface area contributed by atoms with E-state index in [1.165, 1.54) is 5.56 Å². The summed E-state index contributed by atoms with van der Waals surface area (Å²) in [5.41, 5.74) is 3.39. The van der Waals surface area contributed by atoms with Crippen molar-refractivity contribution in [3.05, 3.63) is 33.8 Å². The standard InChI is InChI=1S/C14H22BrN5/c1-6-16-13(11-8-19(5)18-10(11)4)14-12(15)7-17-20(14)9(2)3/h7-9,13,16H,6H2,1-5H3. The molecule has 6 heteroatoms. The summed E-state index contributed by atoms with van der Waals surface area (Å²) in [5.74, 6) is 0. The summed E-state index contributed by atoms with van der Waals surface area (Å²) in [6.07, 6.45) is 3.94. The fourth-order valence-corrected chi connectivity index (χ4v) is 2.99. The largest absolute Gasteiger partial charge is 0.305 e. The van der Waals surface area contributed by atoms with Crippen molar-refractivity contribution in [2.75, 3.05) is 6.54 Å². The molecule has 0 aromatic carbocycles. The molecule has 0 spiro atoms. The zero-order valence-corrected chi connectivity index (χ0v) is 14.3. The van der Waals surface area contributed by atoms with Crippen molar-refractivity contribution in [3.63, 3.8) is 0 Å². The molecule has 0 fully saturated rings. The Kier molecular flexibility index (Phi) is 4.65. The maximum atomic E-state index is 4.48. The smallest absolute Gasteiger partial charge is 0.0793 e. The minimum absolute atomic E-state index is 0.0907. The lowest BCUT2D eigenvalue weighted by Crippen LogP contribution is -2.26. The summed E-state index contributed by atoms with van der Waals surface area (Å²) in [6, 6.07) is 0.405. The van der Waals surface area contributed by atoms with Crippen LogP contribution in [0, 0.1) is 6.92 Å². The van der Waals surface area contributed by atoms with E-state index in [4.69, 9.17) is 0 Å². The van der Waals surface area contributed by atoms with Gasteiger partial charge in [-0.3, -0.25) is 9.36 Å². The molecule has 0 aliphatic rings. The number of hydrogen-bond donors (Lipinski definition) is 1. The van der Waals surface area contributed by atoms with Gasteiger partial charge >= 0.3 is 0 Å². The van der Waals surface area contributed by atoms with Crippen LogP contribution < -0.4 is 5.32 Å². The molecule has 1 N–H and O–H groups in total. The Bertz CT molecular complexity index is 584. The summed E-state index contributed by atoms with van der Waals surface area (Å²) in [7, 11) is 1.95. The van der Waals surface area contributed by atoms with Crippen molar-refractivity contribution >= 4 is 15.9 Å². The summed E-state index contributed by atoms with van der Waals surface area (Å²) in [6.45, 7) is 9.32. The molecule has 2 aromatic rings. The highest BCUT2D eigenvalue weighted by molar-refractivity contribution is 9.10. The van der Waals surface area contributed by atoms with Gasteiger partial charge in [-0.2, -0.15) is 10.2 Å². The highest BCUT2D eigenvalue weighted by Crippen LogP contribution is 2.31. The van der Waals surface area contributed by atoms with E-state index in [1.54, 1.807) is 0 Å². The second-order valence-corrected chi connectivity index (χ2v) is 6.10. The second-order valence-electron chi connectivity index (χ2n) is 5.25. The zero-order valence-electron chi connectivity index (χ0n) is 12.7. The van der Waals surface area contributed by atoms with Crippen LogP contribution in [0.2, 0.25) is 0 Å². The van der Waals surface area contributed by atoms with Gasteiger partial charge in [0.15, 0.2) is 0 Å². The molecule has 0 saturated heterocycles.